The first-order valence-corrected chi connectivity index (χ1v) is 15.5. The largest absolute Gasteiger partial charge is 0.323 e. The molecule has 2 aromatic rings. The van der Waals surface area contributed by atoms with Gasteiger partial charge in [-0.2, -0.15) is 0 Å². The SMILES string of the molecule is c1ccc(C[C@H]2C[N+]3(CCCCCC[N+]45CCC(CC4)[C@@H](Cc4ccccc4)C5)CCC2CC3)cc1. The van der Waals surface area contributed by atoms with Crippen molar-refractivity contribution in [3.63, 3.8) is 0 Å². The summed E-state index contributed by atoms with van der Waals surface area (Å²) >= 11 is 0. The second-order valence-corrected chi connectivity index (χ2v) is 13.4. The Morgan fingerprint density at radius 2 is 0.889 bits per heavy atom. The Bertz CT molecular complexity index is 858. The summed E-state index contributed by atoms with van der Waals surface area (Å²) in [4.78, 5) is 0. The highest BCUT2D eigenvalue weighted by molar-refractivity contribution is 5.16. The first-order chi connectivity index (χ1) is 17.7. The third-order valence-corrected chi connectivity index (χ3v) is 11.2. The van der Waals surface area contributed by atoms with Crippen LogP contribution in [0.3, 0.4) is 0 Å². The van der Waals surface area contributed by atoms with Gasteiger partial charge in [-0.15, -0.1) is 0 Å². The second kappa shape index (κ2) is 11.0. The fourth-order valence-electron chi connectivity index (χ4n) is 9.05. The number of rotatable bonds is 11. The molecule has 194 valence electrons. The third-order valence-electron chi connectivity index (χ3n) is 11.2. The third kappa shape index (κ3) is 5.60. The van der Waals surface area contributed by atoms with Gasteiger partial charge in [0.2, 0.25) is 0 Å². The summed E-state index contributed by atoms with van der Waals surface area (Å²) in [7, 11) is 0. The molecule has 6 saturated heterocycles. The second-order valence-electron chi connectivity index (χ2n) is 13.4. The lowest BCUT2D eigenvalue weighted by atomic mass is 9.74. The molecule has 0 amide bonds. The van der Waals surface area contributed by atoms with Crippen LogP contribution in [-0.4, -0.2) is 61.3 Å². The predicted molar refractivity (Wildman–Crippen MR) is 151 cm³/mol. The number of piperidine rings is 6. The molecule has 6 aliphatic rings. The molecule has 2 nitrogen and oxygen atoms in total. The van der Waals surface area contributed by atoms with Crippen LogP contribution in [-0.2, 0) is 12.8 Å². The first kappa shape index (κ1) is 24.7. The van der Waals surface area contributed by atoms with Crippen molar-refractivity contribution in [2.75, 3.05) is 52.4 Å². The van der Waals surface area contributed by atoms with Crippen molar-refractivity contribution in [1.82, 2.24) is 0 Å². The summed E-state index contributed by atoms with van der Waals surface area (Å²) in [6.07, 6.45) is 14.4. The highest BCUT2D eigenvalue weighted by atomic mass is 15.4. The number of fused-ring (bicyclic) bond motifs is 6. The van der Waals surface area contributed by atoms with Gasteiger partial charge in [-0.3, -0.25) is 0 Å². The molecule has 6 heterocycles. The van der Waals surface area contributed by atoms with Gasteiger partial charge in [0.1, 0.15) is 0 Å². The molecular weight excluding hydrogens is 436 g/mol. The number of nitrogens with zero attached hydrogens (tertiary/aromatic N) is 2. The zero-order chi connectivity index (χ0) is 24.3. The van der Waals surface area contributed by atoms with Crippen molar-refractivity contribution in [3.05, 3.63) is 71.8 Å². The van der Waals surface area contributed by atoms with Gasteiger partial charge in [-0.25, -0.2) is 0 Å². The minimum Gasteiger partial charge on any atom is -0.323 e. The molecule has 8 rings (SSSR count). The molecule has 0 spiro atoms. The summed E-state index contributed by atoms with van der Waals surface area (Å²) in [5, 5.41) is 0. The molecule has 2 atom stereocenters. The van der Waals surface area contributed by atoms with Gasteiger partial charge < -0.3 is 8.97 Å². The summed E-state index contributed by atoms with van der Waals surface area (Å²) in [6, 6.07) is 22.6. The standard InChI is InChI=1S/C34H50N2/c1(9-19-35-21-15-31(16-22-35)33(27-35)25-29-11-5-3-6-12-29)2-10-20-36-23-17-32(18-24-36)34(28-36)26-30-13-7-4-8-14-30/h3-8,11-14,31-34H,1-2,9-10,15-28H2/q+2/t31?,32?,33-,34-,35?,36?/m0/s1. The Kier molecular flexibility index (Phi) is 7.54. The van der Waals surface area contributed by atoms with E-state index in [9.17, 15) is 0 Å². The van der Waals surface area contributed by atoms with Crippen LogP contribution in [0.25, 0.3) is 0 Å². The van der Waals surface area contributed by atoms with Crippen molar-refractivity contribution in [2.45, 2.75) is 64.2 Å². The van der Waals surface area contributed by atoms with Gasteiger partial charge in [-0.05, 0) is 61.5 Å². The average molecular weight is 487 g/mol. The van der Waals surface area contributed by atoms with Crippen molar-refractivity contribution < 1.29 is 8.97 Å². The fourth-order valence-corrected chi connectivity index (χ4v) is 9.05. The summed E-state index contributed by atoms with van der Waals surface area (Å²) in [6.45, 7) is 11.7. The Hall–Kier alpha value is -1.64. The van der Waals surface area contributed by atoms with E-state index in [2.05, 4.69) is 60.7 Å². The van der Waals surface area contributed by atoms with Crippen LogP contribution >= 0.6 is 0 Å². The highest BCUT2D eigenvalue weighted by Gasteiger charge is 2.46. The van der Waals surface area contributed by atoms with Gasteiger partial charge in [0.25, 0.3) is 0 Å². The van der Waals surface area contributed by atoms with Crippen LogP contribution < -0.4 is 0 Å². The molecular formula is C34H50N2+2. The number of hydrogen-bond acceptors (Lipinski definition) is 0. The number of quaternary nitrogens is 2. The monoisotopic (exact) mass is 486 g/mol. The Morgan fingerprint density at radius 1 is 0.500 bits per heavy atom. The minimum absolute atomic E-state index is 0.927. The van der Waals surface area contributed by atoms with Crippen molar-refractivity contribution >= 4 is 0 Å². The van der Waals surface area contributed by atoms with Gasteiger partial charge in [-0.1, -0.05) is 60.7 Å². The van der Waals surface area contributed by atoms with Crippen LogP contribution in [0.4, 0.5) is 0 Å². The Morgan fingerprint density at radius 3 is 1.28 bits per heavy atom. The zero-order valence-corrected chi connectivity index (χ0v) is 22.7. The fraction of sp³-hybridized carbons (Fsp3) is 0.647. The van der Waals surface area contributed by atoms with Crippen LogP contribution in [0.2, 0.25) is 0 Å². The smallest absolute Gasteiger partial charge is 0.0821 e. The molecule has 36 heavy (non-hydrogen) atoms. The highest BCUT2D eigenvalue weighted by Crippen LogP contribution is 2.41. The van der Waals surface area contributed by atoms with Crippen LogP contribution in [0.5, 0.6) is 0 Å². The zero-order valence-electron chi connectivity index (χ0n) is 22.7. The summed E-state index contributed by atoms with van der Waals surface area (Å²) in [5.74, 6) is 3.85. The van der Waals surface area contributed by atoms with Crippen molar-refractivity contribution in [3.8, 4) is 0 Å². The maximum atomic E-state index is 2.35. The molecule has 2 heteroatoms. The maximum absolute atomic E-state index is 2.35. The van der Waals surface area contributed by atoms with Crippen LogP contribution in [0.15, 0.2) is 60.7 Å². The Balaban J connectivity index is 0.933. The molecule has 0 unspecified atom stereocenters. The van der Waals surface area contributed by atoms with Gasteiger partial charge in [0.05, 0.1) is 52.4 Å². The molecule has 6 aliphatic heterocycles. The maximum Gasteiger partial charge on any atom is 0.0821 e. The van der Waals surface area contributed by atoms with Gasteiger partial charge in [0, 0.05) is 37.5 Å². The normalized spacial score (nSPS) is 35.2. The summed E-state index contributed by atoms with van der Waals surface area (Å²) < 4.78 is 2.91. The molecule has 0 aliphatic carbocycles. The van der Waals surface area contributed by atoms with Crippen molar-refractivity contribution in [1.29, 1.82) is 0 Å². The lowest BCUT2D eigenvalue weighted by Crippen LogP contribution is -2.62. The minimum atomic E-state index is 0.927. The van der Waals surface area contributed by atoms with Gasteiger partial charge in [0.15, 0.2) is 0 Å². The van der Waals surface area contributed by atoms with E-state index >= 15 is 0 Å². The number of benzene rings is 2. The van der Waals surface area contributed by atoms with Gasteiger partial charge >= 0.3 is 0 Å². The van der Waals surface area contributed by atoms with E-state index in [1.165, 1.54) is 126 Å². The van der Waals surface area contributed by atoms with E-state index in [0.717, 1.165) is 23.7 Å². The molecule has 6 fully saturated rings. The number of hydrogen-bond donors (Lipinski definition) is 0. The average Bonchev–Trinajstić information content (AvgIpc) is 2.93. The predicted octanol–water partition coefficient (Wildman–Crippen LogP) is 6.75. The van der Waals surface area contributed by atoms with E-state index in [-0.39, 0.29) is 0 Å². The van der Waals surface area contributed by atoms with Crippen molar-refractivity contribution in [2.24, 2.45) is 23.7 Å². The van der Waals surface area contributed by atoms with Crippen LogP contribution in [0, 0.1) is 23.7 Å². The molecule has 4 bridgehead atoms. The topological polar surface area (TPSA) is 0 Å². The molecule has 0 N–H and O–H groups in total. The molecule has 2 aromatic carbocycles. The first-order valence-electron chi connectivity index (χ1n) is 15.5. The lowest BCUT2D eigenvalue weighted by Gasteiger charge is -2.53. The lowest BCUT2D eigenvalue weighted by molar-refractivity contribution is -0.947. The molecule has 0 saturated carbocycles. The summed E-state index contributed by atoms with van der Waals surface area (Å²) in [5.41, 5.74) is 3.13. The van der Waals surface area contributed by atoms with Crippen LogP contribution in [0.1, 0.15) is 62.5 Å². The van der Waals surface area contributed by atoms with E-state index in [4.69, 9.17) is 0 Å². The quantitative estimate of drug-likeness (QED) is 0.244. The molecule has 0 aromatic heterocycles. The van der Waals surface area contributed by atoms with E-state index in [0.29, 0.717) is 0 Å². The van der Waals surface area contributed by atoms with E-state index in [1.54, 1.807) is 11.1 Å². The van der Waals surface area contributed by atoms with E-state index < -0.39 is 0 Å². The number of unbranched alkanes of at least 4 members (excludes halogenated alkanes) is 3. The Labute approximate surface area is 220 Å². The van der Waals surface area contributed by atoms with E-state index in [1.807, 2.05) is 0 Å². The molecule has 0 radical (unpaired) electrons.